The van der Waals surface area contributed by atoms with Crippen molar-refractivity contribution in [2.45, 2.75) is 37.5 Å². The van der Waals surface area contributed by atoms with E-state index in [0.717, 1.165) is 27.6 Å². The first-order chi connectivity index (χ1) is 31.7. The van der Waals surface area contributed by atoms with Crippen LogP contribution < -0.4 is 0 Å². The zero-order valence-corrected chi connectivity index (χ0v) is 35.9. The van der Waals surface area contributed by atoms with Crippen molar-refractivity contribution in [2.24, 2.45) is 0 Å². The van der Waals surface area contributed by atoms with E-state index in [1.165, 1.54) is 135 Å². The summed E-state index contributed by atoms with van der Waals surface area (Å²) in [6.07, 6.45) is 6.21. The minimum Gasteiger partial charge on any atom is -0.456 e. The highest BCUT2D eigenvalue weighted by Crippen LogP contribution is 2.58. The zero-order valence-electron chi connectivity index (χ0n) is 35.1. The van der Waals surface area contributed by atoms with Crippen molar-refractivity contribution in [1.29, 1.82) is 0 Å². The number of hydrogen-bond acceptors (Lipinski definition) is 2. The first kappa shape index (κ1) is 35.1. The van der Waals surface area contributed by atoms with Crippen molar-refractivity contribution >= 4 is 97.1 Å². The van der Waals surface area contributed by atoms with Crippen LogP contribution in [-0.4, -0.2) is 9.13 Å². The van der Waals surface area contributed by atoms with Crippen molar-refractivity contribution in [1.82, 2.24) is 9.13 Å². The molecule has 0 atom stereocenters. The lowest BCUT2D eigenvalue weighted by molar-refractivity contribution is 0.353. The first-order valence-corrected chi connectivity index (χ1v) is 23.6. The summed E-state index contributed by atoms with van der Waals surface area (Å²) < 4.78 is 14.0. The van der Waals surface area contributed by atoms with Crippen LogP contribution in [0.4, 0.5) is 0 Å². The van der Waals surface area contributed by atoms with Gasteiger partial charge in [0.1, 0.15) is 11.2 Å². The van der Waals surface area contributed by atoms with Crippen molar-refractivity contribution in [3.63, 3.8) is 0 Å². The van der Waals surface area contributed by atoms with Gasteiger partial charge < -0.3 is 13.6 Å². The number of fused-ring (bicyclic) bond motifs is 17. The second-order valence-electron chi connectivity index (χ2n) is 18.3. The van der Waals surface area contributed by atoms with E-state index in [1.807, 2.05) is 17.4 Å². The van der Waals surface area contributed by atoms with Crippen LogP contribution in [0.3, 0.4) is 0 Å². The summed E-state index contributed by atoms with van der Waals surface area (Å²) in [5.74, 6) is 0. The van der Waals surface area contributed by atoms with E-state index < -0.39 is 0 Å². The average Bonchev–Trinajstić information content (AvgIpc) is 4.14. The van der Waals surface area contributed by atoms with Crippen molar-refractivity contribution in [2.75, 3.05) is 0 Å². The fraction of sp³-hybridized carbons (Fsp3) is 0.100. The molecule has 302 valence electrons. The SMILES string of the molecule is c1ccc2c(c1)oc1cc(-n3c4ccccc4c4cc5c(cc43)-c3cc(-c4ccc6c(c4)c4ccccc4n6-c4ccc6sc7ccccc7c6c4)ccc3C53CCCCC3)ccc12. The lowest BCUT2D eigenvalue weighted by Crippen LogP contribution is -2.28. The molecule has 15 rings (SSSR count). The van der Waals surface area contributed by atoms with Gasteiger partial charge in [-0.25, -0.2) is 0 Å². The molecule has 2 aliphatic rings. The highest BCUT2D eigenvalue weighted by atomic mass is 32.1. The summed E-state index contributed by atoms with van der Waals surface area (Å²) in [6.45, 7) is 0. The predicted molar refractivity (Wildman–Crippen MR) is 270 cm³/mol. The summed E-state index contributed by atoms with van der Waals surface area (Å²) in [7, 11) is 0. The Labute approximate surface area is 373 Å². The Balaban J connectivity index is 0.919. The quantitative estimate of drug-likeness (QED) is 0.174. The van der Waals surface area contributed by atoms with Crippen LogP contribution in [-0.2, 0) is 5.41 Å². The molecule has 3 nitrogen and oxygen atoms in total. The summed E-state index contributed by atoms with van der Waals surface area (Å²) in [6, 6.07) is 68.4. The van der Waals surface area contributed by atoms with E-state index in [4.69, 9.17) is 4.42 Å². The predicted octanol–water partition coefficient (Wildman–Crippen LogP) is 17.0. The third-order valence-electron chi connectivity index (χ3n) is 15.1. The van der Waals surface area contributed by atoms with E-state index in [0.29, 0.717) is 0 Å². The van der Waals surface area contributed by atoms with Crippen LogP contribution in [0.2, 0.25) is 0 Å². The topological polar surface area (TPSA) is 23.0 Å². The van der Waals surface area contributed by atoms with Gasteiger partial charge in [0.15, 0.2) is 0 Å². The van der Waals surface area contributed by atoms with Gasteiger partial charge in [-0.2, -0.15) is 0 Å². The van der Waals surface area contributed by atoms with Gasteiger partial charge in [0, 0.05) is 75.3 Å². The van der Waals surface area contributed by atoms with Crippen LogP contribution in [0, 0.1) is 0 Å². The molecule has 9 aromatic carbocycles. The van der Waals surface area contributed by atoms with E-state index in [2.05, 4.69) is 185 Å². The Hall–Kier alpha value is -7.40. The van der Waals surface area contributed by atoms with Gasteiger partial charge in [-0.1, -0.05) is 110 Å². The van der Waals surface area contributed by atoms with E-state index in [-0.39, 0.29) is 5.41 Å². The summed E-state index contributed by atoms with van der Waals surface area (Å²) >= 11 is 1.87. The Morgan fingerprint density at radius 2 is 0.984 bits per heavy atom. The van der Waals surface area contributed by atoms with Crippen LogP contribution >= 0.6 is 11.3 Å². The van der Waals surface area contributed by atoms with Gasteiger partial charge in [0.25, 0.3) is 0 Å². The third-order valence-corrected chi connectivity index (χ3v) is 16.3. The molecule has 4 aromatic heterocycles. The minimum atomic E-state index is 0.0261. The summed E-state index contributed by atoms with van der Waals surface area (Å²) in [4.78, 5) is 0. The maximum absolute atomic E-state index is 6.45. The maximum atomic E-state index is 6.45. The molecule has 4 heteroatoms. The minimum absolute atomic E-state index is 0.0261. The molecular formula is C60H40N2OS. The molecule has 1 spiro atoms. The number of hydrogen-bond donors (Lipinski definition) is 0. The number of aromatic nitrogens is 2. The maximum Gasteiger partial charge on any atom is 0.137 e. The highest BCUT2D eigenvalue weighted by molar-refractivity contribution is 7.25. The molecule has 0 amide bonds. The van der Waals surface area contributed by atoms with Crippen LogP contribution in [0.1, 0.15) is 43.2 Å². The fourth-order valence-electron chi connectivity index (χ4n) is 12.3. The monoisotopic (exact) mass is 836 g/mol. The Morgan fingerprint density at radius 3 is 1.83 bits per heavy atom. The average molecular weight is 837 g/mol. The molecule has 0 unspecified atom stereocenters. The van der Waals surface area contributed by atoms with Gasteiger partial charge in [-0.15, -0.1) is 11.3 Å². The molecule has 0 aliphatic heterocycles. The van der Waals surface area contributed by atoms with Gasteiger partial charge in [-0.05, 0) is 131 Å². The fourth-order valence-corrected chi connectivity index (χ4v) is 13.3. The zero-order chi connectivity index (χ0) is 41.7. The normalized spacial score (nSPS) is 14.7. The van der Waals surface area contributed by atoms with Crippen LogP contribution in [0.25, 0.3) is 119 Å². The molecule has 1 saturated carbocycles. The first-order valence-electron chi connectivity index (χ1n) is 22.8. The number of thiophene rings is 1. The lowest BCUT2D eigenvalue weighted by atomic mass is 9.67. The van der Waals surface area contributed by atoms with Crippen molar-refractivity contribution in [3.05, 3.63) is 193 Å². The largest absolute Gasteiger partial charge is 0.456 e. The third kappa shape index (κ3) is 4.70. The van der Waals surface area contributed by atoms with Crippen molar-refractivity contribution in [3.8, 4) is 33.6 Å². The number of rotatable bonds is 3. The van der Waals surface area contributed by atoms with Crippen molar-refractivity contribution < 1.29 is 4.42 Å². The highest BCUT2D eigenvalue weighted by Gasteiger charge is 2.44. The molecule has 0 N–H and O–H groups in total. The molecule has 1 fully saturated rings. The number of nitrogens with zero attached hydrogens (tertiary/aromatic N) is 2. The van der Waals surface area contributed by atoms with Gasteiger partial charge >= 0.3 is 0 Å². The van der Waals surface area contributed by atoms with Gasteiger partial charge in [0.05, 0.1) is 22.1 Å². The van der Waals surface area contributed by atoms with Crippen LogP contribution in [0.5, 0.6) is 0 Å². The second kappa shape index (κ2) is 12.8. The standard InChI is InChI=1S/C60H40N2OS/c1-10-28-60(29-11-1)50-25-20-36(37-21-26-54-47(31-37)40-12-2-6-16-52(40)61(54)38-23-27-59-49(32-38)44-15-5-9-19-58(44)64-59)30-45(50)46-35-55-48(34-51(46)60)41-13-3-7-17-53(41)62(55)39-22-24-43-42-14-4-8-18-56(42)63-57(43)33-39/h2-9,12-27,30-35H,1,10-11,28-29H2. The molecular weight excluding hydrogens is 797 g/mol. The molecule has 0 radical (unpaired) electrons. The Kier molecular flexibility index (Phi) is 7.04. The van der Waals surface area contributed by atoms with Gasteiger partial charge in [0.2, 0.25) is 0 Å². The summed E-state index contributed by atoms with van der Waals surface area (Å²) in [5.41, 5.74) is 17.4. The van der Waals surface area contributed by atoms with E-state index >= 15 is 0 Å². The number of furan rings is 1. The molecule has 64 heavy (non-hydrogen) atoms. The van der Waals surface area contributed by atoms with Crippen LogP contribution in [0.15, 0.2) is 186 Å². The van der Waals surface area contributed by atoms with Gasteiger partial charge in [-0.3, -0.25) is 0 Å². The summed E-state index contributed by atoms with van der Waals surface area (Å²) in [5, 5.41) is 10.1. The molecule has 4 heterocycles. The molecule has 0 bridgehead atoms. The second-order valence-corrected chi connectivity index (χ2v) is 19.4. The van der Waals surface area contributed by atoms with E-state index in [1.54, 1.807) is 0 Å². The Bertz CT molecular complexity index is 4130. The Morgan fingerprint density at radius 1 is 0.375 bits per heavy atom. The molecule has 13 aromatic rings. The number of para-hydroxylation sites is 3. The molecule has 2 aliphatic carbocycles. The van der Waals surface area contributed by atoms with E-state index in [9.17, 15) is 0 Å². The number of benzene rings is 9. The lowest BCUT2D eigenvalue weighted by Gasteiger charge is -2.36. The smallest absolute Gasteiger partial charge is 0.137 e. The molecule has 0 saturated heterocycles.